The molecular weight excluding hydrogens is 408 g/mol. The average Bonchev–Trinajstić information content (AvgIpc) is 2.86. The fraction of sp³-hybridized carbons (Fsp3) is 0.176. The van der Waals surface area contributed by atoms with E-state index in [4.69, 9.17) is 0 Å². The van der Waals surface area contributed by atoms with Crippen LogP contribution in [-0.2, 0) is 0 Å². The third-order valence-electron chi connectivity index (χ3n) is 7.44. The molecule has 0 bridgehead atoms. The van der Waals surface area contributed by atoms with E-state index in [2.05, 4.69) is 126 Å². The average molecular weight is 441 g/mol. The molecule has 0 unspecified atom stereocenters. The summed E-state index contributed by atoms with van der Waals surface area (Å²) in [7, 11) is 0. The van der Waals surface area contributed by atoms with Crippen molar-refractivity contribution in [2.75, 3.05) is 0 Å². The Morgan fingerprint density at radius 3 is 0.882 bits per heavy atom. The Morgan fingerprint density at radius 1 is 0.294 bits per heavy atom. The van der Waals surface area contributed by atoms with E-state index in [0.29, 0.717) is 0 Å². The molecule has 0 aromatic heterocycles. The van der Waals surface area contributed by atoms with E-state index < -0.39 is 0 Å². The Hall–Kier alpha value is -3.64. The molecule has 34 heavy (non-hydrogen) atoms. The summed E-state index contributed by atoms with van der Waals surface area (Å²) in [6.07, 6.45) is 0. The van der Waals surface area contributed by atoms with Crippen LogP contribution >= 0.6 is 0 Å². The molecule has 0 saturated heterocycles. The van der Waals surface area contributed by atoms with E-state index in [1.165, 1.54) is 76.5 Å². The molecule has 0 radical (unpaired) electrons. The molecular formula is C34H32. The van der Waals surface area contributed by atoms with Crippen LogP contribution in [0, 0.1) is 41.5 Å². The Bertz CT molecular complexity index is 1520. The Labute approximate surface area is 202 Å². The third-order valence-corrected chi connectivity index (χ3v) is 7.44. The topological polar surface area (TPSA) is 0 Å². The van der Waals surface area contributed by atoms with Gasteiger partial charge in [0.15, 0.2) is 0 Å². The van der Waals surface area contributed by atoms with Crippen molar-refractivity contribution in [1.82, 2.24) is 0 Å². The SMILES string of the molecule is Cc1c2ccccc2c(C)c2ccccc12.Cc1ccc2c(C)c3cc(C)ccc3c(C)c2c1. The second kappa shape index (κ2) is 8.61. The molecule has 0 heterocycles. The molecule has 0 aliphatic rings. The predicted molar refractivity (Wildman–Crippen MR) is 151 cm³/mol. The molecule has 0 N–H and O–H groups in total. The van der Waals surface area contributed by atoms with Gasteiger partial charge >= 0.3 is 0 Å². The highest BCUT2D eigenvalue weighted by Crippen LogP contribution is 2.33. The lowest BCUT2D eigenvalue weighted by atomic mass is 9.91. The fourth-order valence-corrected chi connectivity index (χ4v) is 5.45. The van der Waals surface area contributed by atoms with Gasteiger partial charge in [-0.2, -0.15) is 0 Å². The molecule has 0 fully saturated rings. The zero-order valence-corrected chi connectivity index (χ0v) is 21.1. The smallest absolute Gasteiger partial charge is 0.0143 e. The monoisotopic (exact) mass is 440 g/mol. The molecule has 0 nitrogen and oxygen atoms in total. The first kappa shape index (κ1) is 22.2. The van der Waals surface area contributed by atoms with Crippen LogP contribution in [0.1, 0.15) is 33.4 Å². The summed E-state index contributed by atoms with van der Waals surface area (Å²) in [6, 6.07) is 30.8. The van der Waals surface area contributed by atoms with Crippen molar-refractivity contribution in [2.45, 2.75) is 41.5 Å². The van der Waals surface area contributed by atoms with E-state index in [0.717, 1.165) is 0 Å². The highest BCUT2D eigenvalue weighted by Gasteiger charge is 2.09. The van der Waals surface area contributed by atoms with Gasteiger partial charge in [0.1, 0.15) is 0 Å². The lowest BCUT2D eigenvalue weighted by Gasteiger charge is -2.13. The van der Waals surface area contributed by atoms with E-state index in [9.17, 15) is 0 Å². The molecule has 168 valence electrons. The van der Waals surface area contributed by atoms with Crippen molar-refractivity contribution in [3.05, 3.63) is 118 Å². The quantitative estimate of drug-likeness (QED) is 0.206. The molecule has 0 aliphatic heterocycles. The molecule has 0 aliphatic carbocycles. The number of hydrogen-bond donors (Lipinski definition) is 0. The fourth-order valence-electron chi connectivity index (χ4n) is 5.45. The predicted octanol–water partition coefficient (Wildman–Crippen LogP) is 9.84. The van der Waals surface area contributed by atoms with Gasteiger partial charge in [-0.05, 0) is 107 Å². The zero-order valence-electron chi connectivity index (χ0n) is 21.1. The molecule has 0 amide bonds. The third kappa shape index (κ3) is 3.64. The van der Waals surface area contributed by atoms with E-state index in [1.54, 1.807) is 0 Å². The van der Waals surface area contributed by atoms with E-state index in [-0.39, 0.29) is 0 Å². The molecule has 6 rings (SSSR count). The summed E-state index contributed by atoms with van der Waals surface area (Å²) in [6.45, 7) is 13.2. The second-order valence-electron chi connectivity index (χ2n) is 9.69. The Kier molecular flexibility index (Phi) is 5.62. The van der Waals surface area contributed by atoms with Gasteiger partial charge in [0.2, 0.25) is 0 Å². The van der Waals surface area contributed by atoms with Crippen molar-refractivity contribution in [3.8, 4) is 0 Å². The van der Waals surface area contributed by atoms with Crippen molar-refractivity contribution in [2.24, 2.45) is 0 Å². The number of aryl methyl sites for hydroxylation is 6. The van der Waals surface area contributed by atoms with Gasteiger partial charge in [0.05, 0.1) is 0 Å². The Balaban J connectivity index is 0.000000142. The first-order valence-corrected chi connectivity index (χ1v) is 12.1. The van der Waals surface area contributed by atoms with Crippen molar-refractivity contribution < 1.29 is 0 Å². The minimum Gasteiger partial charge on any atom is -0.0616 e. The van der Waals surface area contributed by atoms with Crippen LogP contribution in [0.15, 0.2) is 84.9 Å². The number of hydrogen-bond acceptors (Lipinski definition) is 0. The van der Waals surface area contributed by atoms with Gasteiger partial charge in [-0.3, -0.25) is 0 Å². The van der Waals surface area contributed by atoms with Gasteiger partial charge < -0.3 is 0 Å². The van der Waals surface area contributed by atoms with Gasteiger partial charge in [-0.15, -0.1) is 0 Å². The van der Waals surface area contributed by atoms with Gasteiger partial charge in [0.25, 0.3) is 0 Å². The number of benzene rings is 6. The normalized spacial score (nSPS) is 11.2. The first-order chi connectivity index (χ1) is 16.4. The van der Waals surface area contributed by atoms with Crippen molar-refractivity contribution in [1.29, 1.82) is 0 Å². The van der Waals surface area contributed by atoms with Gasteiger partial charge in [0, 0.05) is 0 Å². The number of fused-ring (bicyclic) bond motifs is 4. The van der Waals surface area contributed by atoms with E-state index in [1.807, 2.05) is 0 Å². The van der Waals surface area contributed by atoms with E-state index >= 15 is 0 Å². The van der Waals surface area contributed by atoms with Crippen LogP contribution in [0.2, 0.25) is 0 Å². The maximum Gasteiger partial charge on any atom is -0.0143 e. The lowest BCUT2D eigenvalue weighted by molar-refractivity contribution is 1.45. The van der Waals surface area contributed by atoms with Crippen LogP contribution in [-0.4, -0.2) is 0 Å². The van der Waals surface area contributed by atoms with Crippen LogP contribution in [0.5, 0.6) is 0 Å². The minimum atomic E-state index is 1.33. The molecule has 0 atom stereocenters. The summed E-state index contributed by atoms with van der Waals surface area (Å²) in [5, 5.41) is 11.1. The Morgan fingerprint density at radius 2 is 0.559 bits per heavy atom. The summed E-state index contributed by atoms with van der Waals surface area (Å²) >= 11 is 0. The maximum atomic E-state index is 2.30. The van der Waals surface area contributed by atoms with Crippen LogP contribution in [0.3, 0.4) is 0 Å². The largest absolute Gasteiger partial charge is 0.0616 e. The second-order valence-corrected chi connectivity index (χ2v) is 9.69. The lowest BCUT2D eigenvalue weighted by Crippen LogP contribution is -1.89. The summed E-state index contributed by atoms with van der Waals surface area (Å²) in [4.78, 5) is 0. The van der Waals surface area contributed by atoms with Crippen LogP contribution in [0.4, 0.5) is 0 Å². The van der Waals surface area contributed by atoms with Gasteiger partial charge in [-0.25, -0.2) is 0 Å². The molecule has 0 saturated carbocycles. The molecule has 6 aromatic rings. The highest BCUT2D eigenvalue weighted by molar-refractivity contribution is 6.06. The molecule has 6 aromatic carbocycles. The standard InChI is InChI=1S/C18H18.C16H14/c1-11-5-7-15-14(4)18-10-12(2)6-8-16(18)13(3)17(15)9-11;1-11-13-7-3-5-9-15(13)12(2)16-10-6-4-8-14(11)16/h5-10H,1-4H3;3-10H,1-2H3. The van der Waals surface area contributed by atoms with Crippen LogP contribution < -0.4 is 0 Å². The summed E-state index contributed by atoms with van der Waals surface area (Å²) in [5.41, 5.74) is 8.23. The highest BCUT2D eigenvalue weighted by atomic mass is 14.1. The molecule has 0 heteroatoms. The zero-order chi connectivity index (χ0) is 24.0. The molecule has 0 spiro atoms. The van der Waals surface area contributed by atoms with Crippen LogP contribution in [0.25, 0.3) is 43.1 Å². The summed E-state index contributed by atoms with van der Waals surface area (Å²) in [5.74, 6) is 0. The number of rotatable bonds is 0. The first-order valence-electron chi connectivity index (χ1n) is 12.1. The van der Waals surface area contributed by atoms with Gasteiger partial charge in [-0.1, -0.05) is 96.1 Å². The summed E-state index contributed by atoms with van der Waals surface area (Å²) < 4.78 is 0. The minimum absolute atomic E-state index is 1.33. The van der Waals surface area contributed by atoms with Crippen molar-refractivity contribution in [3.63, 3.8) is 0 Å². The maximum absolute atomic E-state index is 2.30. The van der Waals surface area contributed by atoms with Crippen molar-refractivity contribution >= 4 is 43.1 Å².